The molecule has 0 fully saturated rings. The highest BCUT2D eigenvalue weighted by molar-refractivity contribution is 6.31. The van der Waals surface area contributed by atoms with E-state index in [1.165, 1.54) is 0 Å². The number of fused-ring (bicyclic) bond motifs is 1. The molecule has 1 heterocycles. The average molecular weight is 227 g/mol. The molecule has 2 rings (SSSR count). The highest BCUT2D eigenvalue weighted by Crippen LogP contribution is 2.32. The Morgan fingerprint density at radius 2 is 2.33 bits per heavy atom. The number of rotatable bonds is 3. The molecule has 3 nitrogen and oxygen atoms in total. The van der Waals surface area contributed by atoms with Crippen LogP contribution in [0.15, 0.2) is 12.1 Å². The van der Waals surface area contributed by atoms with E-state index in [4.69, 9.17) is 21.1 Å². The van der Waals surface area contributed by atoms with Gasteiger partial charge in [-0.3, -0.25) is 0 Å². The van der Waals surface area contributed by atoms with Crippen molar-refractivity contribution in [2.24, 2.45) is 0 Å². The van der Waals surface area contributed by atoms with E-state index in [1.54, 1.807) is 6.07 Å². The second kappa shape index (κ2) is 4.64. The normalized spacial score (nSPS) is 14.2. The van der Waals surface area contributed by atoms with Gasteiger partial charge in [0, 0.05) is 17.0 Å². The van der Waals surface area contributed by atoms with Crippen molar-refractivity contribution < 1.29 is 14.3 Å². The lowest BCUT2D eigenvalue weighted by Gasteiger charge is -2.21. The van der Waals surface area contributed by atoms with Crippen LogP contribution in [0, 0.1) is 0 Å². The van der Waals surface area contributed by atoms with Gasteiger partial charge in [0.25, 0.3) is 0 Å². The minimum Gasteiger partial charge on any atom is -0.467 e. The summed E-state index contributed by atoms with van der Waals surface area (Å²) >= 11 is 6.07. The first kappa shape index (κ1) is 10.5. The third-order valence-electron chi connectivity index (χ3n) is 2.39. The highest BCUT2D eigenvalue weighted by Gasteiger charge is 2.16. The Labute approximate surface area is 92.9 Å². The van der Waals surface area contributed by atoms with E-state index in [0.29, 0.717) is 24.5 Å². The minimum atomic E-state index is 0.280. The minimum absolute atomic E-state index is 0.280. The molecule has 80 valence electrons. The summed E-state index contributed by atoms with van der Waals surface area (Å²) in [6, 6.07) is 3.64. The molecule has 1 aliphatic heterocycles. The summed E-state index contributed by atoms with van der Waals surface area (Å²) < 4.78 is 10.5. The molecule has 0 saturated carbocycles. The molecule has 0 bridgehead atoms. The maximum Gasteiger partial charge on any atom is 0.189 e. The van der Waals surface area contributed by atoms with Crippen LogP contribution in [0.3, 0.4) is 0 Å². The predicted molar refractivity (Wildman–Crippen MR) is 56.1 cm³/mol. The summed E-state index contributed by atoms with van der Waals surface area (Å²) in [6.07, 6.45) is 1.99. The molecule has 0 amide bonds. The van der Waals surface area contributed by atoms with Crippen molar-refractivity contribution in [2.75, 3.05) is 6.79 Å². The zero-order valence-electron chi connectivity index (χ0n) is 8.16. The number of aldehydes is 1. The maximum atomic E-state index is 10.4. The van der Waals surface area contributed by atoms with E-state index in [2.05, 4.69) is 0 Å². The number of ether oxygens (including phenoxy) is 2. The third kappa shape index (κ3) is 2.13. The number of benzene rings is 1. The fourth-order valence-electron chi connectivity index (χ4n) is 1.66. The van der Waals surface area contributed by atoms with Gasteiger partial charge in [-0.1, -0.05) is 11.6 Å². The van der Waals surface area contributed by atoms with Gasteiger partial charge in [-0.15, -0.1) is 0 Å². The van der Waals surface area contributed by atoms with Crippen LogP contribution in [0.2, 0.25) is 5.02 Å². The predicted octanol–water partition coefficient (Wildman–Crippen LogP) is 2.34. The lowest BCUT2D eigenvalue weighted by Crippen LogP contribution is -2.13. The zero-order valence-corrected chi connectivity index (χ0v) is 8.92. The Hall–Kier alpha value is -1.06. The van der Waals surface area contributed by atoms with Gasteiger partial charge >= 0.3 is 0 Å². The number of hydrogen-bond donors (Lipinski definition) is 0. The van der Waals surface area contributed by atoms with Gasteiger partial charge in [0.15, 0.2) is 6.79 Å². The van der Waals surface area contributed by atoms with Gasteiger partial charge in [0.1, 0.15) is 12.0 Å². The summed E-state index contributed by atoms with van der Waals surface area (Å²) in [4.78, 5) is 10.4. The van der Waals surface area contributed by atoms with E-state index in [9.17, 15) is 4.79 Å². The smallest absolute Gasteiger partial charge is 0.189 e. The van der Waals surface area contributed by atoms with Crippen LogP contribution in [-0.4, -0.2) is 13.1 Å². The Morgan fingerprint density at radius 1 is 1.47 bits per heavy atom. The van der Waals surface area contributed by atoms with Crippen molar-refractivity contribution in [3.63, 3.8) is 0 Å². The average Bonchev–Trinajstić information content (AvgIpc) is 2.28. The van der Waals surface area contributed by atoms with Crippen molar-refractivity contribution >= 4 is 17.9 Å². The zero-order chi connectivity index (χ0) is 10.7. The lowest BCUT2D eigenvalue weighted by molar-refractivity contribution is -0.107. The van der Waals surface area contributed by atoms with Gasteiger partial charge in [-0.25, -0.2) is 0 Å². The third-order valence-corrected chi connectivity index (χ3v) is 2.74. The van der Waals surface area contributed by atoms with Gasteiger partial charge in [-0.2, -0.15) is 0 Å². The van der Waals surface area contributed by atoms with Crippen LogP contribution in [0.4, 0.5) is 0 Å². The van der Waals surface area contributed by atoms with Gasteiger partial charge in [-0.05, 0) is 24.1 Å². The molecule has 0 aromatic heterocycles. The van der Waals surface area contributed by atoms with Gasteiger partial charge in [0.2, 0.25) is 0 Å². The Bertz CT molecular complexity index is 376. The molecule has 15 heavy (non-hydrogen) atoms. The molecule has 1 aromatic carbocycles. The number of halogens is 1. The van der Waals surface area contributed by atoms with Crippen molar-refractivity contribution in [1.29, 1.82) is 0 Å². The number of hydrogen-bond acceptors (Lipinski definition) is 3. The summed E-state index contributed by atoms with van der Waals surface area (Å²) in [5, 5.41) is 0.671. The fourth-order valence-corrected chi connectivity index (χ4v) is 1.93. The van der Waals surface area contributed by atoms with Crippen LogP contribution in [-0.2, 0) is 22.6 Å². The summed E-state index contributed by atoms with van der Waals surface area (Å²) in [5.74, 6) is 0.812. The van der Waals surface area contributed by atoms with Crippen LogP contribution in [0.5, 0.6) is 5.75 Å². The molecular weight excluding hydrogens is 216 g/mol. The topological polar surface area (TPSA) is 35.5 Å². The second-order valence-electron chi connectivity index (χ2n) is 3.32. The first-order valence-corrected chi connectivity index (χ1v) is 5.15. The molecule has 4 heteroatoms. The van der Waals surface area contributed by atoms with Crippen LogP contribution in [0.1, 0.15) is 17.5 Å². The summed E-state index contributed by atoms with van der Waals surface area (Å²) in [7, 11) is 0. The molecule has 0 saturated heterocycles. The first-order valence-electron chi connectivity index (χ1n) is 4.77. The second-order valence-corrected chi connectivity index (χ2v) is 3.73. The quantitative estimate of drug-likeness (QED) is 0.743. The molecule has 1 aliphatic rings. The highest BCUT2D eigenvalue weighted by atomic mass is 35.5. The van der Waals surface area contributed by atoms with Crippen molar-refractivity contribution in [2.45, 2.75) is 19.4 Å². The standard InChI is InChI=1S/C11H11ClO3/c12-10-3-4-11-9(6-14-7-15-11)8(10)2-1-5-13/h3-5H,1-2,6-7H2. The molecule has 0 N–H and O–H groups in total. The molecule has 0 atom stereocenters. The van der Waals surface area contributed by atoms with E-state index < -0.39 is 0 Å². The van der Waals surface area contributed by atoms with Gasteiger partial charge in [0.05, 0.1) is 6.61 Å². The molecule has 0 unspecified atom stereocenters. The number of carbonyl (C=O) groups excluding carboxylic acids is 1. The number of carbonyl (C=O) groups is 1. The molecule has 0 spiro atoms. The summed E-state index contributed by atoms with van der Waals surface area (Å²) in [5.41, 5.74) is 1.93. The van der Waals surface area contributed by atoms with E-state index in [0.717, 1.165) is 23.2 Å². The van der Waals surface area contributed by atoms with Crippen molar-refractivity contribution in [1.82, 2.24) is 0 Å². The first-order chi connectivity index (χ1) is 7.33. The fraction of sp³-hybridized carbons (Fsp3) is 0.364. The van der Waals surface area contributed by atoms with Crippen LogP contribution < -0.4 is 4.74 Å². The van der Waals surface area contributed by atoms with Crippen molar-refractivity contribution in [3.05, 3.63) is 28.3 Å². The SMILES string of the molecule is O=CCCc1c(Cl)ccc2c1COCO2. The Morgan fingerprint density at radius 3 is 3.13 bits per heavy atom. The van der Waals surface area contributed by atoms with Crippen molar-refractivity contribution in [3.8, 4) is 5.75 Å². The Balaban J connectivity index is 2.36. The Kier molecular flexibility index (Phi) is 3.23. The molecular formula is C11H11ClO3. The molecule has 0 radical (unpaired) electrons. The molecule has 0 aliphatic carbocycles. The lowest BCUT2D eigenvalue weighted by atomic mass is 10.0. The monoisotopic (exact) mass is 226 g/mol. The van der Waals surface area contributed by atoms with E-state index in [-0.39, 0.29) is 6.79 Å². The van der Waals surface area contributed by atoms with Crippen LogP contribution >= 0.6 is 11.6 Å². The van der Waals surface area contributed by atoms with Gasteiger partial charge < -0.3 is 14.3 Å². The largest absolute Gasteiger partial charge is 0.467 e. The van der Waals surface area contributed by atoms with E-state index in [1.807, 2.05) is 6.07 Å². The van der Waals surface area contributed by atoms with Crippen LogP contribution in [0.25, 0.3) is 0 Å². The summed E-state index contributed by atoms with van der Waals surface area (Å²) in [6.45, 7) is 0.784. The van der Waals surface area contributed by atoms with E-state index >= 15 is 0 Å². The maximum absolute atomic E-state index is 10.4. The molecule has 1 aromatic rings.